The van der Waals surface area contributed by atoms with Crippen molar-refractivity contribution >= 4 is 39.5 Å². The smallest absolute Gasteiger partial charge is 0.359 e. The predicted molar refractivity (Wildman–Crippen MR) is 87.1 cm³/mol. The monoisotopic (exact) mass is 386 g/mol. The summed E-state index contributed by atoms with van der Waals surface area (Å²) in [5, 5.41) is 0. The number of carbonyl (C=O) groups is 3. The van der Waals surface area contributed by atoms with E-state index in [2.05, 4.69) is 20.9 Å². The molecule has 0 saturated carbocycles. The van der Waals surface area contributed by atoms with Gasteiger partial charge < -0.3 is 14.4 Å². The van der Waals surface area contributed by atoms with Crippen LogP contribution in [0.5, 0.6) is 0 Å². The first-order valence-electron chi connectivity index (χ1n) is 7.05. The van der Waals surface area contributed by atoms with E-state index in [-0.39, 0.29) is 24.1 Å². The van der Waals surface area contributed by atoms with E-state index < -0.39 is 24.3 Å². The van der Waals surface area contributed by atoms with E-state index in [9.17, 15) is 14.4 Å². The molecule has 0 aliphatic heterocycles. The van der Waals surface area contributed by atoms with Gasteiger partial charge in [-0.1, -0.05) is 0 Å². The molecule has 0 aliphatic rings. The van der Waals surface area contributed by atoms with Crippen LogP contribution in [0.25, 0.3) is 0 Å². The van der Waals surface area contributed by atoms with Crippen LogP contribution in [-0.4, -0.2) is 42.6 Å². The SMILES string of the molecule is CCOC(=O)CC(=O)N(C)c1cc(Br)cnc1C(=O)OC(C)C. The highest BCUT2D eigenvalue weighted by Crippen LogP contribution is 2.24. The highest BCUT2D eigenvalue weighted by molar-refractivity contribution is 9.10. The molecule has 0 fully saturated rings. The van der Waals surface area contributed by atoms with Gasteiger partial charge in [-0.25, -0.2) is 9.78 Å². The Kier molecular flexibility index (Phi) is 7.15. The minimum atomic E-state index is -0.640. The average Bonchev–Trinajstić information content (AvgIpc) is 2.45. The largest absolute Gasteiger partial charge is 0.466 e. The van der Waals surface area contributed by atoms with E-state index in [1.54, 1.807) is 26.8 Å². The maximum atomic E-state index is 12.2. The lowest BCUT2D eigenvalue weighted by Gasteiger charge is -2.20. The number of esters is 2. The second-order valence-corrected chi connectivity index (χ2v) is 5.83. The zero-order valence-corrected chi connectivity index (χ0v) is 15.0. The van der Waals surface area contributed by atoms with E-state index >= 15 is 0 Å². The number of pyridine rings is 1. The van der Waals surface area contributed by atoms with Gasteiger partial charge in [0, 0.05) is 17.7 Å². The van der Waals surface area contributed by atoms with Crippen molar-refractivity contribution < 1.29 is 23.9 Å². The van der Waals surface area contributed by atoms with Crippen LogP contribution in [0.2, 0.25) is 0 Å². The van der Waals surface area contributed by atoms with E-state index in [0.29, 0.717) is 4.47 Å². The van der Waals surface area contributed by atoms with Gasteiger partial charge in [0.05, 0.1) is 18.4 Å². The molecule has 126 valence electrons. The number of hydrogen-bond acceptors (Lipinski definition) is 6. The Morgan fingerprint density at radius 1 is 1.35 bits per heavy atom. The van der Waals surface area contributed by atoms with Crippen LogP contribution in [0.3, 0.4) is 0 Å². The van der Waals surface area contributed by atoms with Gasteiger partial charge in [-0.05, 0) is 42.8 Å². The fourth-order valence-electron chi connectivity index (χ4n) is 1.70. The molecule has 0 radical (unpaired) electrons. The highest BCUT2D eigenvalue weighted by atomic mass is 79.9. The third-order valence-corrected chi connectivity index (χ3v) is 3.14. The third-order valence-electron chi connectivity index (χ3n) is 2.71. The van der Waals surface area contributed by atoms with E-state index in [1.165, 1.54) is 18.1 Å². The summed E-state index contributed by atoms with van der Waals surface area (Å²) >= 11 is 3.25. The summed E-state index contributed by atoms with van der Waals surface area (Å²) in [6.07, 6.45) is 0.695. The molecule has 0 unspecified atom stereocenters. The molecular formula is C15H19BrN2O5. The van der Waals surface area contributed by atoms with E-state index in [1.807, 2.05) is 0 Å². The molecule has 0 aliphatic carbocycles. The summed E-state index contributed by atoms with van der Waals surface area (Å²) in [5.41, 5.74) is 0.251. The lowest BCUT2D eigenvalue weighted by molar-refractivity contribution is -0.145. The molecule has 0 bridgehead atoms. The van der Waals surface area contributed by atoms with Gasteiger partial charge in [0.2, 0.25) is 5.91 Å². The van der Waals surface area contributed by atoms with Gasteiger partial charge in [0.1, 0.15) is 6.42 Å². The summed E-state index contributed by atoms with van der Waals surface area (Å²) in [5.74, 6) is -1.78. The Labute approximate surface area is 143 Å². The maximum absolute atomic E-state index is 12.2. The maximum Gasteiger partial charge on any atom is 0.359 e. The molecule has 1 rings (SSSR count). The van der Waals surface area contributed by atoms with Crippen LogP contribution in [0, 0.1) is 0 Å². The van der Waals surface area contributed by atoms with Crippen molar-refractivity contribution in [3.8, 4) is 0 Å². The summed E-state index contributed by atoms with van der Waals surface area (Å²) in [6.45, 7) is 5.28. The molecular weight excluding hydrogens is 368 g/mol. The molecule has 0 aromatic carbocycles. The van der Waals surface area contributed by atoms with Gasteiger partial charge in [0.25, 0.3) is 0 Å². The van der Waals surface area contributed by atoms with E-state index in [4.69, 9.17) is 9.47 Å². The number of aromatic nitrogens is 1. The fourth-order valence-corrected chi connectivity index (χ4v) is 2.02. The minimum absolute atomic E-state index is 0.00149. The van der Waals surface area contributed by atoms with Crippen molar-refractivity contribution in [2.45, 2.75) is 33.3 Å². The Morgan fingerprint density at radius 3 is 2.57 bits per heavy atom. The molecule has 1 aromatic rings. The van der Waals surface area contributed by atoms with Crippen LogP contribution in [-0.2, 0) is 19.1 Å². The molecule has 0 spiro atoms. The summed E-state index contributed by atoms with van der Waals surface area (Å²) in [6, 6.07) is 1.56. The number of rotatable bonds is 6. The zero-order chi connectivity index (χ0) is 17.6. The van der Waals surface area contributed by atoms with Crippen molar-refractivity contribution in [3.63, 3.8) is 0 Å². The molecule has 8 heteroatoms. The molecule has 7 nitrogen and oxygen atoms in total. The van der Waals surface area contributed by atoms with Crippen LogP contribution in [0.15, 0.2) is 16.7 Å². The number of ether oxygens (including phenoxy) is 2. The van der Waals surface area contributed by atoms with Crippen LogP contribution in [0.4, 0.5) is 5.69 Å². The first-order valence-corrected chi connectivity index (χ1v) is 7.84. The van der Waals surface area contributed by atoms with Crippen molar-refractivity contribution in [2.75, 3.05) is 18.6 Å². The second-order valence-electron chi connectivity index (χ2n) is 4.91. The van der Waals surface area contributed by atoms with Crippen molar-refractivity contribution in [1.82, 2.24) is 4.98 Å². The first kappa shape index (κ1) is 19.1. The van der Waals surface area contributed by atoms with Gasteiger partial charge >= 0.3 is 11.9 Å². The summed E-state index contributed by atoms with van der Waals surface area (Å²) in [4.78, 5) is 40.9. The van der Waals surface area contributed by atoms with Crippen LogP contribution in [0.1, 0.15) is 37.7 Å². The van der Waals surface area contributed by atoms with Crippen molar-refractivity contribution in [1.29, 1.82) is 0 Å². The second kappa shape index (κ2) is 8.61. The van der Waals surface area contributed by atoms with Gasteiger partial charge in [-0.2, -0.15) is 0 Å². The van der Waals surface area contributed by atoms with Crippen molar-refractivity contribution in [3.05, 3.63) is 22.4 Å². The normalized spacial score (nSPS) is 10.3. The standard InChI is InChI=1S/C15H19BrN2O5/c1-5-22-13(20)7-12(19)18(4)11-6-10(16)8-17-14(11)15(21)23-9(2)3/h6,8-9H,5,7H2,1-4H3. The van der Waals surface area contributed by atoms with Crippen LogP contribution < -0.4 is 4.90 Å². The molecule has 1 heterocycles. The fraction of sp³-hybridized carbons (Fsp3) is 0.467. The van der Waals surface area contributed by atoms with Crippen LogP contribution >= 0.6 is 15.9 Å². The van der Waals surface area contributed by atoms with Gasteiger partial charge in [-0.3, -0.25) is 9.59 Å². The zero-order valence-electron chi connectivity index (χ0n) is 13.5. The Hall–Kier alpha value is -1.96. The minimum Gasteiger partial charge on any atom is -0.466 e. The third kappa shape index (κ3) is 5.63. The summed E-state index contributed by atoms with van der Waals surface area (Å²) < 4.78 is 10.5. The molecule has 0 N–H and O–H groups in total. The molecule has 1 amide bonds. The number of anilines is 1. The number of carbonyl (C=O) groups excluding carboxylic acids is 3. The average molecular weight is 387 g/mol. The van der Waals surface area contributed by atoms with Crippen molar-refractivity contribution in [2.24, 2.45) is 0 Å². The number of hydrogen-bond donors (Lipinski definition) is 0. The summed E-state index contributed by atoms with van der Waals surface area (Å²) in [7, 11) is 1.46. The Balaban J connectivity index is 3.05. The number of nitrogens with zero attached hydrogens (tertiary/aromatic N) is 2. The quantitative estimate of drug-likeness (QED) is 0.550. The Bertz CT molecular complexity index is 604. The predicted octanol–water partition coefficient (Wildman–Crippen LogP) is 2.33. The molecule has 23 heavy (non-hydrogen) atoms. The van der Waals surface area contributed by atoms with Gasteiger partial charge in [0.15, 0.2) is 5.69 Å². The number of amides is 1. The molecule has 0 saturated heterocycles. The molecule has 0 atom stereocenters. The lowest BCUT2D eigenvalue weighted by Crippen LogP contribution is -2.31. The topological polar surface area (TPSA) is 85.8 Å². The number of halogens is 1. The first-order chi connectivity index (χ1) is 10.8. The van der Waals surface area contributed by atoms with E-state index in [0.717, 1.165) is 0 Å². The highest BCUT2D eigenvalue weighted by Gasteiger charge is 2.24. The molecule has 1 aromatic heterocycles. The lowest BCUT2D eigenvalue weighted by atomic mass is 10.2. The van der Waals surface area contributed by atoms with Gasteiger partial charge in [-0.15, -0.1) is 0 Å². The Morgan fingerprint density at radius 2 is 2.00 bits per heavy atom.